The van der Waals surface area contributed by atoms with Crippen LogP contribution >= 0.6 is 11.6 Å². The summed E-state index contributed by atoms with van der Waals surface area (Å²) in [7, 11) is 1.31. The first-order chi connectivity index (χ1) is 12.9. The van der Waals surface area contributed by atoms with Gasteiger partial charge >= 0.3 is 12.0 Å². The summed E-state index contributed by atoms with van der Waals surface area (Å²) in [4.78, 5) is 34.9. The third-order valence-electron chi connectivity index (χ3n) is 3.84. The number of ether oxygens (including phenoxy) is 1. The topological polar surface area (TPSA) is 111 Å². The van der Waals surface area contributed by atoms with Gasteiger partial charge in [0.25, 0.3) is 0 Å². The van der Waals surface area contributed by atoms with Crippen molar-refractivity contribution >= 4 is 29.5 Å². The van der Waals surface area contributed by atoms with Crippen molar-refractivity contribution in [3.8, 4) is 0 Å². The smallest absolute Gasteiger partial charge is 0.337 e. The van der Waals surface area contributed by atoms with Gasteiger partial charge in [0.2, 0.25) is 5.91 Å². The molecule has 27 heavy (non-hydrogen) atoms. The Labute approximate surface area is 161 Å². The van der Waals surface area contributed by atoms with Gasteiger partial charge in [0.05, 0.1) is 25.1 Å². The molecule has 1 atom stereocenters. The fourth-order valence-corrected chi connectivity index (χ4v) is 2.58. The molecule has 4 N–H and O–H groups in total. The van der Waals surface area contributed by atoms with Crippen LogP contribution < -0.4 is 16.4 Å². The van der Waals surface area contributed by atoms with Gasteiger partial charge < -0.3 is 21.1 Å². The van der Waals surface area contributed by atoms with Crippen LogP contribution in [-0.4, -0.2) is 25.0 Å². The minimum absolute atomic E-state index is 0.0187. The molecule has 0 saturated heterocycles. The van der Waals surface area contributed by atoms with Crippen molar-refractivity contribution in [2.75, 3.05) is 7.11 Å². The SMILES string of the molecule is COC(=O)c1ccc(CNC(=O)C[C@@H](NC(N)=O)c2ccc(Cl)cc2)cc1. The molecule has 3 amide bonds. The van der Waals surface area contributed by atoms with E-state index in [1.54, 1.807) is 48.5 Å². The lowest BCUT2D eigenvalue weighted by atomic mass is 10.0. The molecule has 2 rings (SSSR count). The molecular formula is C19H20ClN3O4. The average Bonchev–Trinajstić information content (AvgIpc) is 2.66. The Morgan fingerprint density at radius 3 is 2.26 bits per heavy atom. The van der Waals surface area contributed by atoms with Crippen LogP contribution in [-0.2, 0) is 16.1 Å². The van der Waals surface area contributed by atoms with Crippen LogP contribution in [0.3, 0.4) is 0 Å². The zero-order valence-corrected chi connectivity index (χ0v) is 15.5. The minimum Gasteiger partial charge on any atom is -0.465 e. The van der Waals surface area contributed by atoms with Gasteiger partial charge in [-0.1, -0.05) is 35.9 Å². The Bertz CT molecular complexity index is 807. The van der Waals surface area contributed by atoms with E-state index >= 15 is 0 Å². The number of amides is 3. The van der Waals surface area contributed by atoms with Gasteiger partial charge in [-0.25, -0.2) is 9.59 Å². The molecule has 8 heteroatoms. The average molecular weight is 390 g/mol. The third kappa shape index (κ3) is 6.31. The highest BCUT2D eigenvalue weighted by Gasteiger charge is 2.17. The van der Waals surface area contributed by atoms with Crippen molar-refractivity contribution in [1.82, 2.24) is 10.6 Å². The van der Waals surface area contributed by atoms with E-state index in [4.69, 9.17) is 17.3 Å². The number of esters is 1. The number of urea groups is 1. The molecule has 0 aliphatic carbocycles. The summed E-state index contributed by atoms with van der Waals surface area (Å²) in [6, 6.07) is 12.2. The third-order valence-corrected chi connectivity index (χ3v) is 4.10. The number of carbonyl (C=O) groups excluding carboxylic acids is 3. The van der Waals surface area contributed by atoms with E-state index in [0.717, 1.165) is 11.1 Å². The maximum atomic E-state index is 12.3. The second-order valence-corrected chi connectivity index (χ2v) is 6.22. The molecule has 142 valence electrons. The molecule has 0 aromatic heterocycles. The summed E-state index contributed by atoms with van der Waals surface area (Å²) in [5, 5.41) is 5.88. The zero-order chi connectivity index (χ0) is 19.8. The van der Waals surface area contributed by atoms with E-state index in [0.29, 0.717) is 10.6 Å². The van der Waals surface area contributed by atoms with Gasteiger partial charge in [0.1, 0.15) is 0 Å². The maximum Gasteiger partial charge on any atom is 0.337 e. The second kappa shape index (κ2) is 9.59. The first-order valence-corrected chi connectivity index (χ1v) is 8.52. The van der Waals surface area contributed by atoms with Crippen LogP contribution in [0.1, 0.15) is 33.9 Å². The first kappa shape index (κ1) is 20.3. The summed E-state index contributed by atoms with van der Waals surface area (Å²) in [6.07, 6.45) is 0.0187. The van der Waals surface area contributed by atoms with Crippen LogP contribution in [0.25, 0.3) is 0 Å². The van der Waals surface area contributed by atoms with E-state index in [9.17, 15) is 14.4 Å². The lowest BCUT2D eigenvalue weighted by molar-refractivity contribution is -0.121. The summed E-state index contributed by atoms with van der Waals surface area (Å²) in [5.41, 5.74) is 7.18. The Hall–Kier alpha value is -3.06. The molecule has 0 aliphatic heterocycles. The molecule has 0 saturated carbocycles. The highest BCUT2D eigenvalue weighted by Crippen LogP contribution is 2.19. The van der Waals surface area contributed by atoms with Crippen LogP contribution in [0.5, 0.6) is 0 Å². The predicted octanol–water partition coefficient (Wildman–Crippen LogP) is 2.54. The standard InChI is InChI=1S/C19H20ClN3O4/c1-27-18(25)14-4-2-12(3-5-14)11-22-17(24)10-16(23-19(21)26)13-6-8-15(20)9-7-13/h2-9,16H,10-11H2,1H3,(H,22,24)(H3,21,23,26)/t16-/m1/s1. The minimum atomic E-state index is -0.721. The number of hydrogen-bond acceptors (Lipinski definition) is 4. The zero-order valence-electron chi connectivity index (χ0n) is 14.7. The number of benzene rings is 2. The number of hydrogen-bond donors (Lipinski definition) is 3. The van der Waals surface area contributed by atoms with Gasteiger partial charge in [-0.05, 0) is 35.4 Å². The number of rotatable bonds is 7. The van der Waals surface area contributed by atoms with Crippen molar-refractivity contribution < 1.29 is 19.1 Å². The van der Waals surface area contributed by atoms with Gasteiger partial charge in [0, 0.05) is 11.6 Å². The maximum absolute atomic E-state index is 12.3. The number of halogens is 1. The normalized spacial score (nSPS) is 11.3. The van der Waals surface area contributed by atoms with Crippen LogP contribution in [0, 0.1) is 0 Å². The summed E-state index contributed by atoms with van der Waals surface area (Å²) < 4.78 is 4.64. The van der Waals surface area contributed by atoms with Crippen LogP contribution in [0.15, 0.2) is 48.5 Å². The fraction of sp³-hybridized carbons (Fsp3) is 0.211. The summed E-state index contributed by atoms with van der Waals surface area (Å²) in [6.45, 7) is 0.282. The Morgan fingerprint density at radius 1 is 1.07 bits per heavy atom. The molecular weight excluding hydrogens is 370 g/mol. The number of primary amides is 1. The molecule has 7 nitrogen and oxygen atoms in total. The van der Waals surface area contributed by atoms with Gasteiger partial charge in [-0.2, -0.15) is 0 Å². The van der Waals surface area contributed by atoms with E-state index in [-0.39, 0.29) is 18.9 Å². The highest BCUT2D eigenvalue weighted by atomic mass is 35.5. The van der Waals surface area contributed by atoms with E-state index in [1.807, 2.05) is 0 Å². The molecule has 0 unspecified atom stereocenters. The van der Waals surface area contributed by atoms with Crippen LogP contribution in [0.2, 0.25) is 5.02 Å². The molecule has 2 aromatic carbocycles. The first-order valence-electron chi connectivity index (χ1n) is 8.14. The van der Waals surface area contributed by atoms with E-state index < -0.39 is 18.0 Å². The second-order valence-electron chi connectivity index (χ2n) is 5.78. The molecule has 0 heterocycles. The van der Waals surface area contributed by atoms with Crippen molar-refractivity contribution in [2.24, 2.45) is 5.73 Å². The number of nitrogens with one attached hydrogen (secondary N) is 2. The Morgan fingerprint density at radius 2 is 1.70 bits per heavy atom. The number of methoxy groups -OCH3 is 1. The molecule has 0 fully saturated rings. The van der Waals surface area contributed by atoms with Gasteiger partial charge in [0.15, 0.2) is 0 Å². The monoisotopic (exact) mass is 389 g/mol. The Balaban J connectivity index is 1.96. The lowest BCUT2D eigenvalue weighted by Gasteiger charge is -2.18. The Kier molecular flexibility index (Phi) is 7.19. The molecule has 0 radical (unpaired) electrons. The summed E-state index contributed by atoms with van der Waals surface area (Å²) >= 11 is 5.87. The molecule has 0 aliphatic rings. The van der Waals surface area contributed by atoms with Crippen molar-refractivity contribution in [1.29, 1.82) is 0 Å². The van der Waals surface area contributed by atoms with Crippen molar-refractivity contribution in [3.05, 3.63) is 70.2 Å². The summed E-state index contributed by atoms with van der Waals surface area (Å²) in [5.74, 6) is -0.685. The van der Waals surface area contributed by atoms with Crippen LogP contribution in [0.4, 0.5) is 4.79 Å². The van der Waals surface area contributed by atoms with Crippen molar-refractivity contribution in [3.63, 3.8) is 0 Å². The number of nitrogens with two attached hydrogens (primary N) is 1. The largest absolute Gasteiger partial charge is 0.465 e. The lowest BCUT2D eigenvalue weighted by Crippen LogP contribution is -2.36. The quantitative estimate of drug-likeness (QED) is 0.632. The highest BCUT2D eigenvalue weighted by molar-refractivity contribution is 6.30. The molecule has 0 bridgehead atoms. The van der Waals surface area contributed by atoms with Gasteiger partial charge in [-0.3, -0.25) is 4.79 Å². The number of carbonyl (C=O) groups is 3. The molecule has 0 spiro atoms. The van der Waals surface area contributed by atoms with E-state index in [1.165, 1.54) is 7.11 Å². The fourth-order valence-electron chi connectivity index (χ4n) is 2.45. The van der Waals surface area contributed by atoms with Gasteiger partial charge in [-0.15, -0.1) is 0 Å². The van der Waals surface area contributed by atoms with E-state index in [2.05, 4.69) is 15.4 Å². The molecule has 2 aromatic rings. The van der Waals surface area contributed by atoms with Crippen molar-refractivity contribution in [2.45, 2.75) is 19.0 Å². The predicted molar refractivity (Wildman–Crippen MR) is 101 cm³/mol.